The van der Waals surface area contributed by atoms with E-state index in [2.05, 4.69) is 10.3 Å². The smallest absolute Gasteiger partial charge is 0.332 e. The zero-order valence-electron chi connectivity index (χ0n) is 12.2. The van der Waals surface area contributed by atoms with E-state index < -0.39 is 0 Å². The number of carbonyl (C=O) groups excluding carboxylic acids is 1. The van der Waals surface area contributed by atoms with Crippen LogP contribution in [-0.2, 0) is 14.3 Å². The largest absolute Gasteiger partial charge is 0.473 e. The first-order valence-corrected chi connectivity index (χ1v) is 6.72. The number of nitrogens with one attached hydrogen (secondary N) is 1. The number of hydrogen-bond acceptors (Lipinski definition) is 6. The summed E-state index contributed by atoms with van der Waals surface area (Å²) in [4.78, 5) is 15.2. The number of anilines is 1. The van der Waals surface area contributed by atoms with Crippen LogP contribution < -0.4 is 10.1 Å². The fourth-order valence-electron chi connectivity index (χ4n) is 1.46. The van der Waals surface area contributed by atoms with Gasteiger partial charge in [-0.15, -0.1) is 0 Å². The number of rotatable bonds is 9. The molecule has 0 spiro atoms. The van der Waals surface area contributed by atoms with Gasteiger partial charge in [-0.1, -0.05) is 0 Å². The van der Waals surface area contributed by atoms with Crippen LogP contribution >= 0.6 is 0 Å². The van der Waals surface area contributed by atoms with Crippen LogP contribution in [0.3, 0.4) is 0 Å². The molecular formula is C14H22N2O4. The molecule has 0 aliphatic heterocycles. The van der Waals surface area contributed by atoms with E-state index in [1.807, 2.05) is 26.0 Å². The van der Waals surface area contributed by atoms with Gasteiger partial charge in [0.05, 0.1) is 25.0 Å². The van der Waals surface area contributed by atoms with E-state index in [9.17, 15) is 4.79 Å². The third-order valence-corrected chi connectivity index (χ3v) is 2.21. The molecule has 20 heavy (non-hydrogen) atoms. The van der Waals surface area contributed by atoms with Crippen molar-refractivity contribution >= 4 is 11.7 Å². The molecule has 1 rings (SSSR count). The maximum Gasteiger partial charge on any atom is 0.332 e. The maximum atomic E-state index is 11.1. The molecule has 112 valence electrons. The molecule has 1 aromatic rings. The minimum absolute atomic E-state index is 0.0299. The highest BCUT2D eigenvalue weighted by Crippen LogP contribution is 2.21. The van der Waals surface area contributed by atoms with Gasteiger partial charge in [-0.05, 0) is 32.9 Å². The van der Waals surface area contributed by atoms with E-state index in [-0.39, 0.29) is 18.7 Å². The Balaban J connectivity index is 2.29. The summed E-state index contributed by atoms with van der Waals surface area (Å²) in [6.45, 7) is 6.94. The van der Waals surface area contributed by atoms with E-state index in [1.54, 1.807) is 13.1 Å². The zero-order valence-corrected chi connectivity index (χ0v) is 12.2. The van der Waals surface area contributed by atoms with Crippen LogP contribution in [0.2, 0.25) is 0 Å². The van der Waals surface area contributed by atoms with E-state index in [0.717, 1.165) is 5.69 Å². The van der Waals surface area contributed by atoms with Gasteiger partial charge in [0.15, 0.2) is 0 Å². The maximum absolute atomic E-state index is 11.1. The van der Waals surface area contributed by atoms with Crippen LogP contribution in [0.25, 0.3) is 0 Å². The number of carbonyl (C=O) groups is 1. The molecule has 0 atom stereocenters. The highest BCUT2D eigenvalue weighted by molar-refractivity contribution is 5.70. The van der Waals surface area contributed by atoms with E-state index >= 15 is 0 Å². The molecule has 6 heteroatoms. The fourth-order valence-corrected chi connectivity index (χ4v) is 1.46. The predicted molar refractivity (Wildman–Crippen MR) is 75.9 cm³/mol. The SMILES string of the molecule is CCOC(=O)COCCNc1cccnc1OC(C)C. The predicted octanol–water partition coefficient (Wildman–Crippen LogP) is 1.86. The highest BCUT2D eigenvalue weighted by atomic mass is 16.6. The van der Waals surface area contributed by atoms with E-state index in [0.29, 0.717) is 25.6 Å². The first kappa shape index (κ1) is 16.2. The van der Waals surface area contributed by atoms with Gasteiger partial charge in [0, 0.05) is 12.7 Å². The minimum Gasteiger partial charge on any atom is -0.473 e. The van der Waals surface area contributed by atoms with Gasteiger partial charge >= 0.3 is 5.97 Å². The lowest BCUT2D eigenvalue weighted by Gasteiger charge is -2.14. The van der Waals surface area contributed by atoms with Crippen molar-refractivity contribution in [3.63, 3.8) is 0 Å². The molecule has 1 N–H and O–H groups in total. The first-order valence-electron chi connectivity index (χ1n) is 6.72. The minimum atomic E-state index is -0.349. The molecule has 0 radical (unpaired) electrons. The lowest BCUT2D eigenvalue weighted by Crippen LogP contribution is -2.17. The van der Waals surface area contributed by atoms with Gasteiger partial charge in [-0.25, -0.2) is 9.78 Å². The molecule has 1 heterocycles. The van der Waals surface area contributed by atoms with Crippen molar-refractivity contribution in [1.29, 1.82) is 0 Å². The summed E-state index contributed by atoms with van der Waals surface area (Å²) in [5.74, 6) is 0.214. The topological polar surface area (TPSA) is 69.7 Å². The Kier molecular flexibility index (Phi) is 7.42. The molecule has 0 fully saturated rings. The monoisotopic (exact) mass is 282 g/mol. The molecule has 0 aliphatic rings. The Bertz CT molecular complexity index is 410. The number of nitrogens with zero attached hydrogens (tertiary/aromatic N) is 1. The summed E-state index contributed by atoms with van der Waals surface area (Å²) < 4.78 is 15.5. The average molecular weight is 282 g/mol. The number of aromatic nitrogens is 1. The van der Waals surface area contributed by atoms with Crippen molar-refractivity contribution in [3.05, 3.63) is 18.3 Å². The van der Waals surface area contributed by atoms with Crippen LogP contribution in [0, 0.1) is 0 Å². The Morgan fingerprint density at radius 1 is 1.45 bits per heavy atom. The van der Waals surface area contributed by atoms with Crippen molar-refractivity contribution < 1.29 is 19.0 Å². The Morgan fingerprint density at radius 3 is 2.95 bits per heavy atom. The highest BCUT2D eigenvalue weighted by Gasteiger charge is 2.06. The molecule has 1 aromatic heterocycles. The Morgan fingerprint density at radius 2 is 2.25 bits per heavy atom. The number of pyridine rings is 1. The summed E-state index contributed by atoms with van der Waals surface area (Å²) in [6.07, 6.45) is 1.74. The summed E-state index contributed by atoms with van der Waals surface area (Å²) in [5.41, 5.74) is 0.806. The molecule has 0 aromatic carbocycles. The zero-order chi connectivity index (χ0) is 14.8. The van der Waals surface area contributed by atoms with Crippen LogP contribution in [0.1, 0.15) is 20.8 Å². The van der Waals surface area contributed by atoms with Crippen molar-refractivity contribution in [2.75, 3.05) is 31.7 Å². The van der Waals surface area contributed by atoms with E-state index in [1.165, 1.54) is 0 Å². The number of ether oxygens (including phenoxy) is 3. The first-order chi connectivity index (χ1) is 9.63. The van der Waals surface area contributed by atoms with Gasteiger partial charge in [0.1, 0.15) is 6.61 Å². The van der Waals surface area contributed by atoms with Crippen molar-refractivity contribution in [1.82, 2.24) is 4.98 Å². The molecule has 0 amide bonds. The van der Waals surface area contributed by atoms with Crippen LogP contribution in [-0.4, -0.2) is 43.4 Å². The van der Waals surface area contributed by atoms with Crippen LogP contribution in [0.5, 0.6) is 5.88 Å². The third-order valence-electron chi connectivity index (χ3n) is 2.21. The third kappa shape index (κ3) is 6.38. The number of hydrogen-bond donors (Lipinski definition) is 1. The summed E-state index contributed by atoms with van der Waals surface area (Å²) in [6, 6.07) is 3.71. The normalized spacial score (nSPS) is 10.4. The molecule has 6 nitrogen and oxygen atoms in total. The van der Waals surface area contributed by atoms with Crippen LogP contribution in [0.15, 0.2) is 18.3 Å². The summed E-state index contributed by atoms with van der Waals surface area (Å²) >= 11 is 0. The molecule has 0 unspecified atom stereocenters. The second kappa shape index (κ2) is 9.14. The van der Waals surface area contributed by atoms with Crippen LogP contribution in [0.4, 0.5) is 5.69 Å². The Hall–Kier alpha value is -1.82. The van der Waals surface area contributed by atoms with Crippen molar-refractivity contribution in [2.24, 2.45) is 0 Å². The van der Waals surface area contributed by atoms with Gasteiger partial charge in [-0.3, -0.25) is 0 Å². The summed E-state index contributed by atoms with van der Waals surface area (Å²) in [7, 11) is 0. The lowest BCUT2D eigenvalue weighted by atomic mass is 10.4. The number of esters is 1. The van der Waals surface area contributed by atoms with Gasteiger partial charge in [-0.2, -0.15) is 0 Å². The molecule has 0 saturated heterocycles. The summed E-state index contributed by atoms with van der Waals surface area (Å²) in [5, 5.41) is 3.16. The van der Waals surface area contributed by atoms with Gasteiger partial charge in [0.25, 0.3) is 0 Å². The molecule has 0 bridgehead atoms. The van der Waals surface area contributed by atoms with Gasteiger partial charge in [0.2, 0.25) is 5.88 Å². The fraction of sp³-hybridized carbons (Fsp3) is 0.571. The molecule has 0 aliphatic carbocycles. The van der Waals surface area contributed by atoms with Gasteiger partial charge < -0.3 is 19.5 Å². The van der Waals surface area contributed by atoms with Crippen molar-refractivity contribution in [2.45, 2.75) is 26.9 Å². The van der Waals surface area contributed by atoms with Crippen molar-refractivity contribution in [3.8, 4) is 5.88 Å². The second-order valence-corrected chi connectivity index (χ2v) is 4.31. The Labute approximate surface area is 119 Å². The lowest BCUT2D eigenvalue weighted by molar-refractivity contribution is -0.148. The standard InChI is InChI=1S/C14H22N2O4/c1-4-19-13(17)10-18-9-8-15-12-6-5-7-16-14(12)20-11(2)3/h5-7,11,15H,4,8-10H2,1-3H3. The van der Waals surface area contributed by atoms with E-state index in [4.69, 9.17) is 14.2 Å². The molecule has 0 saturated carbocycles. The second-order valence-electron chi connectivity index (χ2n) is 4.31. The quantitative estimate of drug-likeness (QED) is 0.551. The molecular weight excluding hydrogens is 260 g/mol. The average Bonchev–Trinajstić information content (AvgIpc) is 2.40.